The van der Waals surface area contributed by atoms with Crippen LogP contribution in [0.3, 0.4) is 0 Å². The third-order valence-corrected chi connectivity index (χ3v) is 4.11. The molecule has 5 heteroatoms. The van der Waals surface area contributed by atoms with Gasteiger partial charge in [-0.1, -0.05) is 25.3 Å². The molecule has 1 atom stereocenters. The molecule has 1 aromatic rings. The van der Waals surface area contributed by atoms with Crippen LogP contribution in [0.25, 0.3) is 0 Å². The SMILES string of the molecule is OCC1(NCC(O)c2ccc(F)cc2F)CCCCC1. The summed E-state index contributed by atoms with van der Waals surface area (Å²) in [5.74, 6) is -1.41. The van der Waals surface area contributed by atoms with Gasteiger partial charge in [0.05, 0.1) is 12.7 Å². The Kier molecular flexibility index (Phi) is 5.07. The van der Waals surface area contributed by atoms with Crippen molar-refractivity contribution in [1.82, 2.24) is 5.32 Å². The number of aliphatic hydroxyl groups excluding tert-OH is 2. The van der Waals surface area contributed by atoms with E-state index in [4.69, 9.17) is 0 Å². The molecule has 1 saturated carbocycles. The maximum absolute atomic E-state index is 13.6. The van der Waals surface area contributed by atoms with Crippen molar-refractivity contribution >= 4 is 0 Å². The molecule has 1 aromatic carbocycles. The highest BCUT2D eigenvalue weighted by Gasteiger charge is 2.31. The van der Waals surface area contributed by atoms with Gasteiger partial charge in [-0.05, 0) is 18.9 Å². The first-order chi connectivity index (χ1) is 9.56. The molecule has 3 nitrogen and oxygen atoms in total. The summed E-state index contributed by atoms with van der Waals surface area (Å²) in [4.78, 5) is 0. The molecular weight excluding hydrogens is 264 g/mol. The quantitative estimate of drug-likeness (QED) is 0.778. The third kappa shape index (κ3) is 3.53. The van der Waals surface area contributed by atoms with Gasteiger partial charge in [0, 0.05) is 23.7 Å². The summed E-state index contributed by atoms with van der Waals surface area (Å²) in [5.41, 5.74) is -0.307. The molecule has 0 aromatic heterocycles. The van der Waals surface area contributed by atoms with Crippen LogP contribution in [0, 0.1) is 11.6 Å². The van der Waals surface area contributed by atoms with Crippen LogP contribution in [-0.4, -0.2) is 28.9 Å². The van der Waals surface area contributed by atoms with Gasteiger partial charge in [-0.2, -0.15) is 0 Å². The van der Waals surface area contributed by atoms with Crippen molar-refractivity contribution < 1.29 is 19.0 Å². The number of nitrogens with one attached hydrogen (secondary N) is 1. The molecule has 0 amide bonds. The average Bonchev–Trinajstić information content (AvgIpc) is 2.46. The summed E-state index contributed by atoms with van der Waals surface area (Å²) in [6, 6.07) is 3.15. The third-order valence-electron chi connectivity index (χ3n) is 4.11. The van der Waals surface area contributed by atoms with E-state index in [0.29, 0.717) is 0 Å². The van der Waals surface area contributed by atoms with Crippen LogP contribution >= 0.6 is 0 Å². The molecule has 20 heavy (non-hydrogen) atoms. The van der Waals surface area contributed by atoms with Gasteiger partial charge >= 0.3 is 0 Å². The largest absolute Gasteiger partial charge is 0.394 e. The van der Waals surface area contributed by atoms with E-state index in [1.54, 1.807) is 0 Å². The summed E-state index contributed by atoms with van der Waals surface area (Å²) in [6.07, 6.45) is 3.87. The number of hydrogen-bond donors (Lipinski definition) is 3. The number of halogens is 2. The molecule has 1 aliphatic rings. The molecule has 0 saturated heterocycles. The summed E-state index contributed by atoms with van der Waals surface area (Å²) >= 11 is 0. The molecule has 0 aliphatic heterocycles. The predicted octanol–water partition coefficient (Wildman–Crippen LogP) is 2.28. The fourth-order valence-corrected chi connectivity index (χ4v) is 2.81. The van der Waals surface area contributed by atoms with Crippen LogP contribution < -0.4 is 5.32 Å². The maximum atomic E-state index is 13.6. The van der Waals surface area contributed by atoms with E-state index in [1.165, 1.54) is 6.07 Å². The van der Waals surface area contributed by atoms with Crippen molar-refractivity contribution in [2.45, 2.75) is 43.7 Å². The minimum absolute atomic E-state index is 0.00558. The van der Waals surface area contributed by atoms with Gasteiger partial charge < -0.3 is 15.5 Å². The summed E-state index contributed by atoms with van der Waals surface area (Å²) in [5, 5.41) is 22.7. The Morgan fingerprint density at radius 3 is 2.50 bits per heavy atom. The van der Waals surface area contributed by atoms with Crippen molar-refractivity contribution in [2.75, 3.05) is 13.2 Å². The monoisotopic (exact) mass is 285 g/mol. The molecule has 0 heterocycles. The molecule has 2 rings (SSSR count). The Morgan fingerprint density at radius 1 is 1.20 bits per heavy atom. The lowest BCUT2D eigenvalue weighted by Gasteiger charge is -2.37. The van der Waals surface area contributed by atoms with E-state index >= 15 is 0 Å². The maximum Gasteiger partial charge on any atom is 0.131 e. The van der Waals surface area contributed by atoms with E-state index in [1.807, 2.05) is 0 Å². The van der Waals surface area contributed by atoms with Gasteiger partial charge in [0.15, 0.2) is 0 Å². The van der Waals surface area contributed by atoms with Gasteiger partial charge in [0.25, 0.3) is 0 Å². The number of aliphatic hydroxyl groups is 2. The van der Waals surface area contributed by atoms with E-state index in [-0.39, 0.29) is 24.3 Å². The highest BCUT2D eigenvalue weighted by molar-refractivity contribution is 5.21. The van der Waals surface area contributed by atoms with Crippen molar-refractivity contribution in [3.8, 4) is 0 Å². The van der Waals surface area contributed by atoms with Crippen molar-refractivity contribution in [2.24, 2.45) is 0 Å². The number of β-amino-alcohol motifs (C(OH)–C–C–N with tert-alkyl or cyclic N) is 1. The highest BCUT2D eigenvalue weighted by atomic mass is 19.1. The van der Waals surface area contributed by atoms with Crippen molar-refractivity contribution in [3.05, 3.63) is 35.4 Å². The van der Waals surface area contributed by atoms with E-state index in [2.05, 4.69) is 5.32 Å². The fraction of sp³-hybridized carbons (Fsp3) is 0.600. The Bertz CT molecular complexity index is 447. The Labute approximate surface area is 117 Å². The number of rotatable bonds is 5. The lowest BCUT2D eigenvalue weighted by molar-refractivity contribution is 0.0932. The molecule has 1 unspecified atom stereocenters. The molecule has 1 aliphatic carbocycles. The Hall–Kier alpha value is -1.04. The number of benzene rings is 1. The molecule has 3 N–H and O–H groups in total. The molecule has 1 fully saturated rings. The van der Waals surface area contributed by atoms with Gasteiger partial charge in [-0.25, -0.2) is 8.78 Å². The first-order valence-electron chi connectivity index (χ1n) is 7.05. The van der Waals surface area contributed by atoms with Gasteiger partial charge in [0.2, 0.25) is 0 Å². The van der Waals surface area contributed by atoms with E-state index < -0.39 is 17.7 Å². The zero-order chi connectivity index (χ0) is 14.6. The minimum atomic E-state index is -1.05. The van der Waals surface area contributed by atoms with Crippen LogP contribution in [0.5, 0.6) is 0 Å². The van der Waals surface area contributed by atoms with Crippen LogP contribution in [0.4, 0.5) is 8.78 Å². The summed E-state index contributed by atoms with van der Waals surface area (Å²) in [6.45, 7) is 0.148. The Balaban J connectivity index is 1.98. The predicted molar refractivity (Wildman–Crippen MR) is 72.2 cm³/mol. The van der Waals surface area contributed by atoms with Crippen molar-refractivity contribution in [1.29, 1.82) is 0 Å². The van der Waals surface area contributed by atoms with Crippen molar-refractivity contribution in [3.63, 3.8) is 0 Å². The second-order valence-electron chi connectivity index (χ2n) is 5.56. The molecule has 0 radical (unpaired) electrons. The summed E-state index contributed by atoms with van der Waals surface area (Å²) in [7, 11) is 0. The zero-order valence-corrected chi connectivity index (χ0v) is 11.4. The second-order valence-corrected chi connectivity index (χ2v) is 5.56. The van der Waals surface area contributed by atoms with Gasteiger partial charge in [-0.15, -0.1) is 0 Å². The molecule has 0 spiro atoms. The lowest BCUT2D eigenvalue weighted by atomic mass is 9.82. The second kappa shape index (κ2) is 6.61. The lowest BCUT2D eigenvalue weighted by Crippen LogP contribution is -2.51. The normalized spacial score (nSPS) is 19.8. The molecule has 112 valence electrons. The van der Waals surface area contributed by atoms with Crippen LogP contribution in [0.2, 0.25) is 0 Å². The van der Waals surface area contributed by atoms with Gasteiger partial charge in [0.1, 0.15) is 11.6 Å². The summed E-state index contributed by atoms with van der Waals surface area (Å²) < 4.78 is 26.4. The van der Waals surface area contributed by atoms with Crippen LogP contribution in [0.1, 0.15) is 43.8 Å². The zero-order valence-electron chi connectivity index (χ0n) is 11.4. The van der Waals surface area contributed by atoms with E-state index in [9.17, 15) is 19.0 Å². The topological polar surface area (TPSA) is 52.5 Å². The molecule has 0 bridgehead atoms. The van der Waals surface area contributed by atoms with E-state index in [0.717, 1.165) is 44.2 Å². The van der Waals surface area contributed by atoms with Gasteiger partial charge in [-0.3, -0.25) is 0 Å². The van der Waals surface area contributed by atoms with Crippen LogP contribution in [0.15, 0.2) is 18.2 Å². The minimum Gasteiger partial charge on any atom is -0.394 e. The smallest absolute Gasteiger partial charge is 0.131 e. The highest BCUT2D eigenvalue weighted by Crippen LogP contribution is 2.28. The standard InChI is InChI=1S/C15H21F2NO2/c16-11-4-5-12(13(17)8-11)14(20)9-18-15(10-19)6-2-1-3-7-15/h4-5,8,14,18-20H,1-3,6-7,9-10H2. The van der Waals surface area contributed by atoms with Crippen LogP contribution in [-0.2, 0) is 0 Å². The fourth-order valence-electron chi connectivity index (χ4n) is 2.81. The average molecular weight is 285 g/mol. The Morgan fingerprint density at radius 2 is 1.90 bits per heavy atom. The first-order valence-corrected chi connectivity index (χ1v) is 7.05. The first kappa shape index (κ1) is 15.4. The number of hydrogen-bond acceptors (Lipinski definition) is 3. The molecular formula is C15H21F2NO2.